The number of carbonyl (C=O) groups excluding carboxylic acids is 2. The topological polar surface area (TPSA) is 58.6 Å². The molecule has 1 unspecified atom stereocenters. The van der Waals surface area contributed by atoms with Gasteiger partial charge >= 0.3 is 6.09 Å². The summed E-state index contributed by atoms with van der Waals surface area (Å²) in [5.74, 6) is 2.65. The molecule has 5 rings (SSSR count). The third kappa shape index (κ3) is 2.38. The first kappa shape index (κ1) is 14.3. The van der Waals surface area contributed by atoms with E-state index in [0.717, 1.165) is 37.0 Å². The number of carbonyl (C=O) groups is 2. The van der Waals surface area contributed by atoms with Crippen LogP contribution in [0.15, 0.2) is 0 Å². The lowest BCUT2D eigenvalue weighted by atomic mass is 9.49. The molecule has 0 aromatic carbocycles. The molecule has 4 aliphatic carbocycles. The third-order valence-electron chi connectivity index (χ3n) is 6.33. The summed E-state index contributed by atoms with van der Waals surface area (Å²) in [4.78, 5) is 25.7. The van der Waals surface area contributed by atoms with Gasteiger partial charge in [-0.3, -0.25) is 4.79 Å². The van der Waals surface area contributed by atoms with Gasteiger partial charge in [-0.2, -0.15) is 0 Å². The van der Waals surface area contributed by atoms with Crippen LogP contribution >= 0.6 is 0 Å². The van der Waals surface area contributed by atoms with Gasteiger partial charge in [-0.05, 0) is 56.3 Å². The molecule has 0 radical (unpaired) electrons. The minimum Gasteiger partial charge on any atom is -0.444 e. The highest BCUT2D eigenvalue weighted by Gasteiger charge is 2.54. The van der Waals surface area contributed by atoms with E-state index in [2.05, 4.69) is 5.32 Å². The Hall–Kier alpha value is -1.26. The number of nitrogens with zero attached hydrogens (tertiary/aromatic N) is 1. The average molecular weight is 306 g/mol. The van der Waals surface area contributed by atoms with E-state index in [4.69, 9.17) is 4.74 Å². The van der Waals surface area contributed by atoms with Crippen LogP contribution in [0.2, 0.25) is 0 Å². The monoisotopic (exact) mass is 306 g/mol. The van der Waals surface area contributed by atoms with Gasteiger partial charge < -0.3 is 15.0 Å². The molecule has 1 saturated heterocycles. The fourth-order valence-corrected chi connectivity index (χ4v) is 5.72. The Kier molecular flexibility index (Phi) is 3.35. The minimum absolute atomic E-state index is 0.0715. The standard InChI is InChI=1S/C17H26N2O3/c1-19-10-14(22-16(19)21)2-3-18-15(20)17-7-11-4-12(8-17)6-13(5-11)9-17/h11-14H,2-10H2,1H3,(H,18,20). The molecule has 1 aliphatic heterocycles. The van der Waals surface area contributed by atoms with Gasteiger partial charge in [-0.25, -0.2) is 4.79 Å². The second-order valence-electron chi connectivity index (χ2n) is 8.13. The Balaban J connectivity index is 1.30. The Labute approximate surface area is 131 Å². The van der Waals surface area contributed by atoms with Crippen LogP contribution in [0.25, 0.3) is 0 Å². The number of likely N-dealkylation sites (N-methyl/N-ethyl adjacent to an activating group) is 1. The maximum absolute atomic E-state index is 12.8. The van der Waals surface area contributed by atoms with Crippen molar-refractivity contribution in [3.05, 3.63) is 0 Å². The maximum Gasteiger partial charge on any atom is 0.409 e. The van der Waals surface area contributed by atoms with Crippen molar-refractivity contribution in [3.63, 3.8) is 0 Å². The number of hydrogen-bond acceptors (Lipinski definition) is 3. The molecule has 22 heavy (non-hydrogen) atoms. The quantitative estimate of drug-likeness (QED) is 0.866. The summed E-state index contributed by atoms with van der Waals surface area (Å²) in [5, 5.41) is 3.15. The first-order chi connectivity index (χ1) is 10.5. The molecule has 5 heteroatoms. The van der Waals surface area contributed by atoms with E-state index in [1.807, 2.05) is 0 Å². The highest BCUT2D eigenvalue weighted by atomic mass is 16.6. The normalized spacial score (nSPS) is 42.6. The SMILES string of the molecule is CN1CC(CCNC(=O)C23CC4CC(CC(C4)C2)C3)OC1=O. The van der Waals surface area contributed by atoms with Crippen LogP contribution in [-0.2, 0) is 9.53 Å². The van der Waals surface area contributed by atoms with Gasteiger partial charge in [0.2, 0.25) is 5.91 Å². The lowest BCUT2D eigenvalue weighted by Gasteiger charge is -2.55. The van der Waals surface area contributed by atoms with E-state index in [-0.39, 0.29) is 23.5 Å². The van der Waals surface area contributed by atoms with E-state index < -0.39 is 0 Å². The molecule has 4 bridgehead atoms. The Bertz CT molecular complexity index is 455. The summed E-state index contributed by atoms with van der Waals surface area (Å²) in [7, 11) is 1.75. The van der Waals surface area contributed by atoms with Crippen LogP contribution in [0.5, 0.6) is 0 Å². The molecule has 4 saturated carbocycles. The third-order valence-corrected chi connectivity index (χ3v) is 6.33. The van der Waals surface area contributed by atoms with Crippen LogP contribution in [0, 0.1) is 23.2 Å². The highest BCUT2D eigenvalue weighted by molar-refractivity contribution is 5.83. The molecular weight excluding hydrogens is 280 g/mol. The van der Waals surface area contributed by atoms with E-state index in [0.29, 0.717) is 19.5 Å². The van der Waals surface area contributed by atoms with Gasteiger partial charge in [0.1, 0.15) is 6.10 Å². The van der Waals surface area contributed by atoms with Crippen molar-refractivity contribution in [2.75, 3.05) is 20.1 Å². The molecule has 0 aromatic heterocycles. The fourth-order valence-electron chi connectivity index (χ4n) is 5.72. The van der Waals surface area contributed by atoms with Crippen LogP contribution in [-0.4, -0.2) is 43.1 Å². The molecule has 5 aliphatic rings. The minimum atomic E-state index is -0.252. The average Bonchev–Trinajstić information content (AvgIpc) is 2.76. The van der Waals surface area contributed by atoms with Crippen LogP contribution in [0.4, 0.5) is 4.79 Å². The summed E-state index contributed by atoms with van der Waals surface area (Å²) in [6.45, 7) is 1.25. The van der Waals surface area contributed by atoms with Gasteiger partial charge in [0.05, 0.1) is 6.54 Å². The Morgan fingerprint density at radius 2 is 1.82 bits per heavy atom. The van der Waals surface area contributed by atoms with Crippen molar-refractivity contribution in [2.45, 2.75) is 51.0 Å². The van der Waals surface area contributed by atoms with E-state index in [1.54, 1.807) is 11.9 Å². The lowest BCUT2D eigenvalue weighted by Crippen LogP contribution is -2.53. The Morgan fingerprint density at radius 1 is 1.23 bits per heavy atom. The summed E-state index contributed by atoms with van der Waals surface area (Å²) in [5.41, 5.74) is -0.0715. The van der Waals surface area contributed by atoms with Crippen LogP contribution in [0.1, 0.15) is 44.9 Å². The summed E-state index contributed by atoms with van der Waals surface area (Å²) >= 11 is 0. The molecule has 122 valence electrons. The number of ether oxygens (including phenoxy) is 1. The maximum atomic E-state index is 12.8. The predicted octanol–water partition coefficient (Wildman–Crippen LogP) is 2.16. The van der Waals surface area contributed by atoms with Gasteiger partial charge in [-0.15, -0.1) is 0 Å². The van der Waals surface area contributed by atoms with Crippen LogP contribution < -0.4 is 5.32 Å². The zero-order valence-electron chi connectivity index (χ0n) is 13.3. The Morgan fingerprint density at radius 3 is 2.32 bits per heavy atom. The van der Waals surface area contributed by atoms with Gasteiger partial charge in [-0.1, -0.05) is 0 Å². The molecular formula is C17H26N2O3. The van der Waals surface area contributed by atoms with E-state index in [9.17, 15) is 9.59 Å². The smallest absolute Gasteiger partial charge is 0.409 e. The van der Waals surface area contributed by atoms with Crippen molar-refractivity contribution >= 4 is 12.0 Å². The summed E-state index contributed by atoms with van der Waals surface area (Å²) in [6.07, 6.45) is 7.77. The number of amides is 2. The summed E-state index contributed by atoms with van der Waals surface area (Å²) in [6, 6.07) is 0. The van der Waals surface area contributed by atoms with E-state index >= 15 is 0 Å². The predicted molar refractivity (Wildman–Crippen MR) is 81.1 cm³/mol. The first-order valence-electron chi connectivity index (χ1n) is 8.74. The molecule has 2 amide bonds. The number of hydrogen-bond donors (Lipinski definition) is 1. The van der Waals surface area contributed by atoms with Crippen molar-refractivity contribution in [2.24, 2.45) is 23.2 Å². The molecule has 0 spiro atoms. The highest BCUT2D eigenvalue weighted by Crippen LogP contribution is 2.60. The molecule has 5 fully saturated rings. The van der Waals surface area contributed by atoms with Gasteiger partial charge in [0.15, 0.2) is 0 Å². The lowest BCUT2D eigenvalue weighted by molar-refractivity contribution is -0.146. The summed E-state index contributed by atoms with van der Waals surface area (Å²) < 4.78 is 5.24. The number of nitrogens with one attached hydrogen (secondary N) is 1. The van der Waals surface area contributed by atoms with E-state index in [1.165, 1.54) is 19.3 Å². The van der Waals surface area contributed by atoms with Gasteiger partial charge in [0, 0.05) is 25.4 Å². The zero-order chi connectivity index (χ0) is 15.3. The van der Waals surface area contributed by atoms with Crippen molar-refractivity contribution < 1.29 is 14.3 Å². The second-order valence-corrected chi connectivity index (χ2v) is 8.13. The molecule has 1 heterocycles. The largest absolute Gasteiger partial charge is 0.444 e. The molecule has 1 N–H and O–H groups in total. The molecule has 0 aromatic rings. The van der Waals surface area contributed by atoms with Crippen molar-refractivity contribution in [1.29, 1.82) is 0 Å². The fraction of sp³-hybridized carbons (Fsp3) is 0.882. The van der Waals surface area contributed by atoms with Gasteiger partial charge in [0.25, 0.3) is 0 Å². The second kappa shape index (κ2) is 5.14. The van der Waals surface area contributed by atoms with Crippen molar-refractivity contribution in [3.8, 4) is 0 Å². The first-order valence-corrected chi connectivity index (χ1v) is 8.74. The molecule has 1 atom stereocenters. The molecule has 5 nitrogen and oxygen atoms in total. The number of rotatable bonds is 4. The van der Waals surface area contributed by atoms with Crippen molar-refractivity contribution in [1.82, 2.24) is 10.2 Å². The zero-order valence-corrected chi connectivity index (χ0v) is 13.3. The number of cyclic esters (lactones) is 1. The van der Waals surface area contributed by atoms with Crippen LogP contribution in [0.3, 0.4) is 0 Å².